The molecule has 1 spiro atoms. The normalized spacial score (nSPS) is 37.7. The van der Waals surface area contributed by atoms with E-state index in [1.54, 1.807) is 0 Å². The topological polar surface area (TPSA) is 325 Å². The van der Waals surface area contributed by atoms with Gasteiger partial charge in [0.2, 0.25) is 0 Å². The van der Waals surface area contributed by atoms with Crippen LogP contribution in [0.25, 0.3) is 0 Å². The van der Waals surface area contributed by atoms with Gasteiger partial charge >= 0.3 is 71.6 Å². The lowest BCUT2D eigenvalue weighted by Gasteiger charge is -2.40. The van der Waals surface area contributed by atoms with Crippen molar-refractivity contribution in [3.63, 3.8) is 0 Å². The first-order valence-electron chi connectivity index (χ1n) is 44.6. The van der Waals surface area contributed by atoms with E-state index in [1.807, 2.05) is 138 Å². The average Bonchev–Trinajstić information content (AvgIpc) is 1.57. The molecule has 0 amide bonds. The smallest absolute Gasteiger partial charge is 0.312 e. The fourth-order valence-corrected chi connectivity index (χ4v) is 22.5. The summed E-state index contributed by atoms with van der Waals surface area (Å²) in [6.45, 7) is 40.2. The molecule has 12 bridgehead atoms. The van der Waals surface area contributed by atoms with Crippen molar-refractivity contribution in [1.82, 2.24) is 0 Å². The van der Waals surface area contributed by atoms with Crippen molar-refractivity contribution in [3.05, 3.63) is 0 Å². The number of hydrogen-bond acceptors (Lipinski definition) is 25. The Hall–Kier alpha value is -6.40. The Bertz CT molecular complexity index is 3610. The SMILES string of the molecule is CCC(C)(C)C(=O)OC.CCC(C)(C)C(=O)OC.CCC(C)(C)C(=O)OC(C)(C)C1C2CC3OC(=O)C1C3C2.CCC(C)(C)C(=O)OC1C2CC3C(=O)OC1C3C2.CCC(C)(C)C(=O)OC1C2CC3C(=O)OC1C3O2.CCC(C)(C)C(=O)OCC1C2CC3OC(=O)C1C3C2.O=C1OCC2C3CCC(C3)C12.O=C1OCCC12CC1CCC2C1. The first-order valence-corrected chi connectivity index (χ1v) is 44.6. The molecule has 117 heavy (non-hydrogen) atoms. The molecule has 8 saturated heterocycles. The first kappa shape index (κ1) is 91.3. The zero-order valence-electron chi connectivity index (χ0n) is 74.2. The van der Waals surface area contributed by atoms with Crippen LogP contribution in [0.1, 0.15) is 273 Å². The molecule has 8 heterocycles. The number of cyclic esters (lactones) is 2. The van der Waals surface area contributed by atoms with Crippen LogP contribution in [0.3, 0.4) is 0 Å². The molecule has 0 aromatic carbocycles. The molecule has 18 aliphatic rings. The number of methoxy groups -OCH3 is 2. The van der Waals surface area contributed by atoms with Gasteiger partial charge in [0.15, 0.2) is 12.2 Å². The van der Waals surface area contributed by atoms with Crippen LogP contribution < -0.4 is 0 Å². The number of ether oxygens (including phenoxy) is 13. The summed E-state index contributed by atoms with van der Waals surface area (Å²) < 4.78 is 69.0. The van der Waals surface area contributed by atoms with Gasteiger partial charge in [-0.3, -0.25) is 57.5 Å². The van der Waals surface area contributed by atoms with E-state index in [4.69, 9.17) is 52.1 Å². The van der Waals surface area contributed by atoms with E-state index in [0.29, 0.717) is 85.2 Å². The zero-order valence-corrected chi connectivity index (χ0v) is 74.2. The predicted molar refractivity (Wildman–Crippen MR) is 424 cm³/mol. The van der Waals surface area contributed by atoms with E-state index in [2.05, 4.69) is 9.47 Å². The second kappa shape index (κ2) is 34.8. The molecule has 10 aliphatic carbocycles. The Labute approximate surface area is 693 Å². The number of fused-ring (bicyclic) bond motifs is 12. The van der Waals surface area contributed by atoms with Crippen LogP contribution in [-0.2, 0) is 119 Å². The third-order valence-corrected chi connectivity index (χ3v) is 32.3. The summed E-state index contributed by atoms with van der Waals surface area (Å²) in [5.74, 6) is 5.23. The van der Waals surface area contributed by atoms with Gasteiger partial charge in [0.25, 0.3) is 0 Å². The van der Waals surface area contributed by atoms with Crippen LogP contribution in [0.4, 0.5) is 0 Å². The van der Waals surface area contributed by atoms with E-state index in [0.717, 1.165) is 102 Å². The maximum Gasteiger partial charge on any atom is 0.312 e. The van der Waals surface area contributed by atoms with Crippen molar-refractivity contribution in [2.24, 2.45) is 144 Å². The molecule has 10 saturated carbocycles. The van der Waals surface area contributed by atoms with E-state index < -0.39 is 39.5 Å². The molecule has 658 valence electrons. The summed E-state index contributed by atoms with van der Waals surface area (Å²) in [5, 5.41) is 0. The van der Waals surface area contributed by atoms with E-state index in [1.165, 1.54) is 52.7 Å². The fourth-order valence-electron chi connectivity index (χ4n) is 22.5. The fraction of sp³-hybridized carbons (Fsp3) is 0.870. The van der Waals surface area contributed by atoms with E-state index >= 15 is 0 Å². The highest BCUT2D eigenvalue weighted by molar-refractivity contribution is 5.83. The molecule has 0 radical (unpaired) electrons. The minimum absolute atomic E-state index is 0.00289. The van der Waals surface area contributed by atoms with Gasteiger partial charge in [-0.1, -0.05) is 48.0 Å². The Kier molecular flexibility index (Phi) is 27.2. The standard InChI is InChI=1S/C17H26O4.C15H22O4.C14H20O4.C13H18O5.C10H14O2.C9H12O2.2C7H14O2/c1-6-16(2,3)15(19)21-17(4,5)13-9-7-10-11(8-9)20-14(18)12(10)13;1-4-15(2,3)14(17)18-7-10-8-5-9-11(6-8)19-13(16)12(9)10;1-4-14(2,3)13(16)18-10-7-5-8-9(6-7)12(15)17-11(8)10;1-4-13(2,3)12(15)18-9-7-5-6-8(16-7)10(9)17-11(6)14;11-9-10(3-4-12-9)6-7-1-2-8(10)5-7;10-9-8-6-2-1-5(3-6)7(8)4-11-9;2*1-5-7(2,3)6(8)9-4/h9-13H,6-8H2,1-5H3;8-12H,4-7H2,1-3H3;7-11H,4-6H2,1-3H3;6-10H,4-5H2,1-3H3;7-8H,1-6H2;5-8H,1-4H2;2*5H2,1-4H3. The molecule has 27 atom stereocenters. The van der Waals surface area contributed by atoms with E-state index in [-0.39, 0.29) is 160 Å². The number of carbonyl (C=O) groups is 12. The van der Waals surface area contributed by atoms with Crippen LogP contribution in [0.15, 0.2) is 0 Å². The number of carbonyl (C=O) groups excluding carboxylic acids is 12. The molecule has 0 N–H and O–H groups in total. The molecular weight excluding hydrogens is 1500 g/mol. The molecule has 18 fully saturated rings. The molecular formula is C92H140O25. The lowest BCUT2D eigenvalue weighted by Crippen LogP contribution is -2.46. The molecule has 8 aliphatic heterocycles. The largest absolute Gasteiger partial charge is 0.469 e. The summed E-state index contributed by atoms with van der Waals surface area (Å²) in [7, 11) is 2.83. The second-order valence-electron chi connectivity index (χ2n) is 41.8. The third kappa shape index (κ3) is 17.9. The third-order valence-electron chi connectivity index (χ3n) is 32.3. The highest BCUT2D eigenvalue weighted by Crippen LogP contribution is 2.64. The van der Waals surface area contributed by atoms with Crippen LogP contribution in [-0.4, -0.2) is 160 Å². The van der Waals surface area contributed by atoms with Gasteiger partial charge in [-0.15, -0.1) is 0 Å². The van der Waals surface area contributed by atoms with Crippen molar-refractivity contribution >= 4 is 71.6 Å². The number of esters is 12. The average molecular weight is 1650 g/mol. The lowest BCUT2D eigenvalue weighted by atomic mass is 9.71. The summed E-state index contributed by atoms with van der Waals surface area (Å²) >= 11 is 0. The van der Waals surface area contributed by atoms with Gasteiger partial charge in [0.1, 0.15) is 36.1 Å². The first-order chi connectivity index (χ1) is 54.7. The van der Waals surface area contributed by atoms with Gasteiger partial charge in [-0.25, -0.2) is 0 Å². The van der Waals surface area contributed by atoms with Crippen LogP contribution in [0.5, 0.6) is 0 Å². The Morgan fingerprint density at radius 1 is 0.410 bits per heavy atom. The highest BCUT2D eigenvalue weighted by atomic mass is 16.7. The minimum Gasteiger partial charge on any atom is -0.469 e. The summed E-state index contributed by atoms with van der Waals surface area (Å²) in [4.78, 5) is 140. The van der Waals surface area contributed by atoms with Gasteiger partial charge in [0.05, 0.1) is 108 Å². The maximum atomic E-state index is 12.4. The second-order valence-corrected chi connectivity index (χ2v) is 41.8. The molecule has 18 rings (SSSR count). The lowest BCUT2D eigenvalue weighted by molar-refractivity contribution is -0.178. The molecule has 25 nitrogen and oxygen atoms in total. The maximum absolute atomic E-state index is 12.4. The van der Waals surface area contributed by atoms with Crippen molar-refractivity contribution < 1.29 is 119 Å². The molecule has 27 unspecified atom stereocenters. The van der Waals surface area contributed by atoms with Gasteiger partial charge in [-0.05, 0) is 261 Å². The molecule has 25 heteroatoms. The van der Waals surface area contributed by atoms with Crippen LogP contribution in [0.2, 0.25) is 0 Å². The number of hydrogen-bond donors (Lipinski definition) is 0. The van der Waals surface area contributed by atoms with Crippen LogP contribution in [0, 0.1) is 144 Å². The summed E-state index contributed by atoms with van der Waals surface area (Å²) in [5.41, 5.74) is -3.11. The van der Waals surface area contributed by atoms with Crippen molar-refractivity contribution in [2.45, 2.75) is 328 Å². The van der Waals surface area contributed by atoms with E-state index in [9.17, 15) is 57.5 Å². The van der Waals surface area contributed by atoms with Crippen LogP contribution >= 0.6 is 0 Å². The Balaban J connectivity index is 0.000000134. The molecule has 0 aromatic rings. The quantitative estimate of drug-likeness (QED) is 0.0909. The van der Waals surface area contributed by atoms with Crippen molar-refractivity contribution in [3.8, 4) is 0 Å². The monoisotopic (exact) mass is 1640 g/mol. The predicted octanol–water partition coefficient (Wildman–Crippen LogP) is 14.2. The highest BCUT2D eigenvalue weighted by Gasteiger charge is 2.69. The Morgan fingerprint density at radius 3 is 1.44 bits per heavy atom. The van der Waals surface area contributed by atoms with Crippen molar-refractivity contribution in [1.29, 1.82) is 0 Å². The minimum atomic E-state index is -0.609. The van der Waals surface area contributed by atoms with Crippen molar-refractivity contribution in [2.75, 3.05) is 34.0 Å². The van der Waals surface area contributed by atoms with Gasteiger partial charge in [-0.2, -0.15) is 0 Å². The number of rotatable bonds is 18. The summed E-state index contributed by atoms with van der Waals surface area (Å²) in [6.07, 6.45) is 19.8. The van der Waals surface area contributed by atoms with Gasteiger partial charge in [0, 0.05) is 41.4 Å². The Morgan fingerprint density at radius 2 is 0.915 bits per heavy atom. The zero-order chi connectivity index (χ0) is 86.1. The summed E-state index contributed by atoms with van der Waals surface area (Å²) in [6, 6.07) is 0. The van der Waals surface area contributed by atoms with Gasteiger partial charge < -0.3 is 61.6 Å². The molecule has 0 aromatic heterocycles.